The minimum atomic E-state index is -1.03. The molecule has 0 aliphatic carbocycles. The molecule has 2 N–H and O–H groups in total. The Morgan fingerprint density at radius 1 is 1.45 bits per heavy atom. The Morgan fingerprint density at radius 2 is 2.18 bits per heavy atom. The van der Waals surface area contributed by atoms with E-state index < -0.39 is 24.0 Å². The summed E-state index contributed by atoms with van der Waals surface area (Å²) in [5, 5.41) is 14.0. The molecule has 2 atom stereocenters. The Bertz CT molecular complexity index is 650. The van der Waals surface area contributed by atoms with Crippen LogP contribution in [0, 0.1) is 11.3 Å². The van der Waals surface area contributed by atoms with Gasteiger partial charge in [0.2, 0.25) is 5.91 Å². The van der Waals surface area contributed by atoms with Gasteiger partial charge in [0.15, 0.2) is 6.10 Å². The summed E-state index contributed by atoms with van der Waals surface area (Å²) in [4.78, 5) is 34.9. The molecule has 1 aromatic rings. The average Bonchev–Trinajstić information content (AvgIpc) is 2.94. The van der Waals surface area contributed by atoms with E-state index in [0.29, 0.717) is 17.7 Å². The molecule has 7 heteroatoms. The summed E-state index contributed by atoms with van der Waals surface area (Å²) in [7, 11) is 0. The van der Waals surface area contributed by atoms with Crippen LogP contribution in [0.3, 0.4) is 0 Å². The summed E-state index contributed by atoms with van der Waals surface area (Å²) in [5.74, 6) is -1.38. The van der Waals surface area contributed by atoms with Crippen LogP contribution in [0.4, 0.5) is 5.69 Å². The Balaban J connectivity index is 1.93. The summed E-state index contributed by atoms with van der Waals surface area (Å²) in [6.45, 7) is 1.43. The molecule has 0 saturated carbocycles. The molecule has 0 bridgehead atoms. The van der Waals surface area contributed by atoms with Gasteiger partial charge in [-0.15, -0.1) is 0 Å². The highest BCUT2D eigenvalue weighted by molar-refractivity contribution is 5.97. The molecule has 1 aromatic carbocycles. The van der Waals surface area contributed by atoms with Crippen LogP contribution in [0.2, 0.25) is 0 Å². The Kier molecular flexibility index (Phi) is 4.73. The lowest BCUT2D eigenvalue weighted by atomic mass is 10.2. The molecule has 1 aliphatic rings. The number of hydrogen-bond acceptors (Lipinski definition) is 5. The first kappa shape index (κ1) is 15.5. The van der Waals surface area contributed by atoms with E-state index in [2.05, 4.69) is 10.6 Å². The number of para-hydroxylation sites is 1. The monoisotopic (exact) mass is 301 g/mol. The zero-order chi connectivity index (χ0) is 16.1. The lowest BCUT2D eigenvalue weighted by molar-refractivity contribution is -0.155. The van der Waals surface area contributed by atoms with Crippen molar-refractivity contribution in [1.29, 1.82) is 5.26 Å². The minimum Gasteiger partial charge on any atom is -0.451 e. The molecule has 2 amide bonds. The molecule has 0 aromatic heterocycles. The molecule has 1 fully saturated rings. The second kappa shape index (κ2) is 6.72. The average molecular weight is 301 g/mol. The van der Waals surface area contributed by atoms with Crippen molar-refractivity contribution in [2.45, 2.75) is 31.9 Å². The number of benzene rings is 1. The van der Waals surface area contributed by atoms with E-state index in [1.807, 2.05) is 6.07 Å². The van der Waals surface area contributed by atoms with Crippen molar-refractivity contribution >= 4 is 23.5 Å². The van der Waals surface area contributed by atoms with Crippen LogP contribution < -0.4 is 10.6 Å². The summed E-state index contributed by atoms with van der Waals surface area (Å²) in [5.41, 5.74) is 0.671. The molecule has 0 radical (unpaired) electrons. The van der Waals surface area contributed by atoms with Gasteiger partial charge >= 0.3 is 5.97 Å². The van der Waals surface area contributed by atoms with Gasteiger partial charge in [0, 0.05) is 6.42 Å². The van der Waals surface area contributed by atoms with Crippen molar-refractivity contribution in [3.8, 4) is 6.07 Å². The van der Waals surface area contributed by atoms with Crippen molar-refractivity contribution in [3.05, 3.63) is 29.8 Å². The zero-order valence-corrected chi connectivity index (χ0v) is 12.0. The molecular formula is C15H15N3O4. The first-order valence-corrected chi connectivity index (χ1v) is 6.81. The topological polar surface area (TPSA) is 108 Å². The summed E-state index contributed by atoms with van der Waals surface area (Å²) in [6.07, 6.45) is -0.393. The maximum Gasteiger partial charge on any atom is 0.329 e. The highest BCUT2D eigenvalue weighted by Gasteiger charge is 2.30. The highest BCUT2D eigenvalue weighted by atomic mass is 16.5. The van der Waals surface area contributed by atoms with Crippen LogP contribution in [0.15, 0.2) is 24.3 Å². The number of ether oxygens (including phenoxy) is 1. The van der Waals surface area contributed by atoms with Crippen LogP contribution >= 0.6 is 0 Å². The first-order valence-electron chi connectivity index (χ1n) is 6.81. The Labute approximate surface area is 127 Å². The predicted molar refractivity (Wildman–Crippen MR) is 76.5 cm³/mol. The maximum atomic E-state index is 12.0. The number of amides is 2. The molecule has 2 rings (SSSR count). The molecule has 22 heavy (non-hydrogen) atoms. The highest BCUT2D eigenvalue weighted by Crippen LogP contribution is 2.15. The minimum absolute atomic E-state index is 0.206. The van der Waals surface area contributed by atoms with Gasteiger partial charge in [-0.1, -0.05) is 12.1 Å². The van der Waals surface area contributed by atoms with Crippen LogP contribution in [0.1, 0.15) is 25.3 Å². The maximum absolute atomic E-state index is 12.0. The van der Waals surface area contributed by atoms with Gasteiger partial charge in [-0.05, 0) is 25.5 Å². The number of anilines is 1. The van der Waals surface area contributed by atoms with E-state index in [1.54, 1.807) is 24.3 Å². The fourth-order valence-corrected chi connectivity index (χ4v) is 2.02. The summed E-state index contributed by atoms with van der Waals surface area (Å²) in [6, 6.07) is 7.78. The zero-order valence-electron chi connectivity index (χ0n) is 12.0. The largest absolute Gasteiger partial charge is 0.451 e. The number of esters is 1. The second-order valence-electron chi connectivity index (χ2n) is 4.88. The van der Waals surface area contributed by atoms with Crippen LogP contribution in [0.25, 0.3) is 0 Å². The molecule has 114 valence electrons. The molecule has 0 spiro atoms. The third kappa shape index (κ3) is 3.61. The van der Waals surface area contributed by atoms with Crippen LogP contribution in [-0.4, -0.2) is 29.9 Å². The molecule has 1 heterocycles. The Hall–Kier alpha value is -2.88. The molecule has 1 saturated heterocycles. The smallest absolute Gasteiger partial charge is 0.329 e. The van der Waals surface area contributed by atoms with Gasteiger partial charge in [-0.25, -0.2) is 4.79 Å². The third-order valence-corrected chi connectivity index (χ3v) is 3.25. The number of nitriles is 1. The summed E-state index contributed by atoms with van der Waals surface area (Å²) < 4.78 is 5.04. The second-order valence-corrected chi connectivity index (χ2v) is 4.88. The van der Waals surface area contributed by atoms with Gasteiger partial charge in [0.25, 0.3) is 5.91 Å². The van der Waals surface area contributed by atoms with Gasteiger partial charge in [-0.3, -0.25) is 9.59 Å². The quantitative estimate of drug-likeness (QED) is 0.796. The van der Waals surface area contributed by atoms with Crippen molar-refractivity contribution in [2.24, 2.45) is 0 Å². The Morgan fingerprint density at radius 3 is 2.82 bits per heavy atom. The van der Waals surface area contributed by atoms with Gasteiger partial charge in [0.05, 0.1) is 11.3 Å². The number of nitrogens with zero attached hydrogens (tertiary/aromatic N) is 1. The van der Waals surface area contributed by atoms with E-state index in [4.69, 9.17) is 10.00 Å². The normalized spacial score (nSPS) is 18.0. The number of carbonyl (C=O) groups is 3. The standard InChI is InChI=1S/C15H15N3O4/c1-9(22-15(21)12-6-7-13(19)17-12)14(20)18-11-5-3-2-4-10(11)8-16/h2-5,9,12H,6-7H2,1H3,(H,17,19)(H,18,20)/t9-,12-/m1/s1. The van der Waals surface area contributed by atoms with Crippen molar-refractivity contribution in [2.75, 3.05) is 5.32 Å². The molecular weight excluding hydrogens is 286 g/mol. The van der Waals surface area contributed by atoms with E-state index in [0.717, 1.165) is 0 Å². The van der Waals surface area contributed by atoms with E-state index >= 15 is 0 Å². The fourth-order valence-electron chi connectivity index (χ4n) is 2.02. The van der Waals surface area contributed by atoms with Crippen LogP contribution in [0.5, 0.6) is 0 Å². The van der Waals surface area contributed by atoms with Crippen molar-refractivity contribution in [1.82, 2.24) is 5.32 Å². The lowest BCUT2D eigenvalue weighted by Gasteiger charge is -2.16. The van der Waals surface area contributed by atoms with Gasteiger partial charge in [-0.2, -0.15) is 5.26 Å². The van der Waals surface area contributed by atoms with Gasteiger partial charge in [0.1, 0.15) is 12.1 Å². The number of hydrogen-bond donors (Lipinski definition) is 2. The van der Waals surface area contributed by atoms with Crippen LogP contribution in [-0.2, 0) is 19.1 Å². The lowest BCUT2D eigenvalue weighted by Crippen LogP contribution is -2.39. The first-order chi connectivity index (χ1) is 10.5. The van der Waals surface area contributed by atoms with E-state index in [9.17, 15) is 14.4 Å². The predicted octanol–water partition coefficient (Wildman–Crippen LogP) is 0.707. The van der Waals surface area contributed by atoms with Crippen molar-refractivity contribution < 1.29 is 19.1 Å². The fraction of sp³-hybridized carbons (Fsp3) is 0.333. The third-order valence-electron chi connectivity index (χ3n) is 3.25. The number of nitrogens with one attached hydrogen (secondary N) is 2. The number of carbonyl (C=O) groups excluding carboxylic acids is 3. The summed E-state index contributed by atoms with van der Waals surface area (Å²) >= 11 is 0. The van der Waals surface area contributed by atoms with Crippen molar-refractivity contribution in [3.63, 3.8) is 0 Å². The molecule has 0 unspecified atom stereocenters. The van der Waals surface area contributed by atoms with E-state index in [-0.39, 0.29) is 12.3 Å². The SMILES string of the molecule is C[C@@H](OC(=O)[C@H]1CCC(=O)N1)C(=O)Nc1ccccc1C#N. The number of rotatable bonds is 4. The van der Waals surface area contributed by atoms with E-state index in [1.165, 1.54) is 6.92 Å². The van der Waals surface area contributed by atoms with Gasteiger partial charge < -0.3 is 15.4 Å². The molecule has 1 aliphatic heterocycles. The molecule has 7 nitrogen and oxygen atoms in total.